The number of carbonyl (C=O) groups excluding carboxylic acids is 1. The molecule has 4 nitrogen and oxygen atoms in total. The highest BCUT2D eigenvalue weighted by atomic mass is 35.5. The van der Waals surface area contributed by atoms with E-state index in [0.29, 0.717) is 15.9 Å². The zero-order chi connectivity index (χ0) is 14.8. The van der Waals surface area contributed by atoms with E-state index in [9.17, 15) is 4.79 Å². The molecule has 0 aliphatic rings. The lowest BCUT2D eigenvalue weighted by atomic mass is 10.2. The van der Waals surface area contributed by atoms with Crippen molar-refractivity contribution in [2.45, 2.75) is 6.92 Å². The van der Waals surface area contributed by atoms with Crippen LogP contribution >= 0.6 is 22.9 Å². The number of aryl methyl sites for hydroxylation is 1. The summed E-state index contributed by atoms with van der Waals surface area (Å²) in [5.41, 5.74) is 1.70. The first-order valence-corrected chi connectivity index (χ1v) is 7.47. The molecule has 0 aliphatic carbocycles. The molecule has 1 aromatic carbocycles. The number of hydrogen-bond acceptors (Lipinski definition) is 4. The summed E-state index contributed by atoms with van der Waals surface area (Å²) in [7, 11) is 0. The van der Waals surface area contributed by atoms with E-state index in [1.807, 2.05) is 24.4 Å². The van der Waals surface area contributed by atoms with Crippen LogP contribution in [0.25, 0.3) is 11.3 Å². The highest BCUT2D eigenvalue weighted by Crippen LogP contribution is 2.25. The summed E-state index contributed by atoms with van der Waals surface area (Å²) in [4.78, 5) is 16.3. The minimum atomic E-state index is -0.322. The lowest BCUT2D eigenvalue weighted by Gasteiger charge is -1.99. The number of anilines is 1. The van der Waals surface area contributed by atoms with E-state index in [1.54, 1.807) is 24.3 Å². The molecular formula is C15H11ClN2O2S. The SMILES string of the molecule is Cc1csc(NC(=O)c2ccc(-c3cccc(Cl)c3)o2)n1. The summed E-state index contributed by atoms with van der Waals surface area (Å²) in [5.74, 6) is 0.508. The molecule has 0 unspecified atom stereocenters. The molecule has 0 bridgehead atoms. The normalized spacial score (nSPS) is 10.6. The Morgan fingerprint density at radius 2 is 2.19 bits per heavy atom. The molecule has 0 atom stereocenters. The maximum Gasteiger partial charge on any atom is 0.293 e. The van der Waals surface area contributed by atoms with Crippen LogP contribution < -0.4 is 5.32 Å². The Balaban J connectivity index is 1.80. The van der Waals surface area contributed by atoms with Crippen molar-refractivity contribution in [1.82, 2.24) is 4.98 Å². The zero-order valence-corrected chi connectivity index (χ0v) is 12.7. The Kier molecular flexibility index (Phi) is 3.77. The molecule has 3 aromatic rings. The van der Waals surface area contributed by atoms with Gasteiger partial charge in [0.2, 0.25) is 0 Å². The van der Waals surface area contributed by atoms with Crippen molar-refractivity contribution in [3.63, 3.8) is 0 Å². The van der Waals surface area contributed by atoms with E-state index >= 15 is 0 Å². The van der Waals surface area contributed by atoms with Gasteiger partial charge in [-0.05, 0) is 31.2 Å². The van der Waals surface area contributed by atoms with Crippen LogP contribution in [0.4, 0.5) is 5.13 Å². The van der Waals surface area contributed by atoms with Crippen molar-refractivity contribution >= 4 is 34.0 Å². The smallest absolute Gasteiger partial charge is 0.293 e. The van der Waals surface area contributed by atoms with Crippen molar-refractivity contribution in [3.8, 4) is 11.3 Å². The number of amides is 1. The van der Waals surface area contributed by atoms with Gasteiger partial charge in [-0.2, -0.15) is 0 Å². The van der Waals surface area contributed by atoms with Crippen molar-refractivity contribution in [2.24, 2.45) is 0 Å². The monoisotopic (exact) mass is 318 g/mol. The minimum Gasteiger partial charge on any atom is -0.451 e. The fourth-order valence-electron chi connectivity index (χ4n) is 1.83. The third kappa shape index (κ3) is 3.15. The standard InChI is InChI=1S/C15H11ClN2O2S/c1-9-8-21-15(17-9)18-14(19)13-6-5-12(20-13)10-3-2-4-11(16)7-10/h2-8H,1H3,(H,17,18,19). The Hall–Kier alpha value is -2.11. The molecule has 1 amide bonds. The molecule has 106 valence electrons. The number of benzene rings is 1. The molecule has 1 N–H and O–H groups in total. The fourth-order valence-corrected chi connectivity index (χ4v) is 2.70. The first-order chi connectivity index (χ1) is 10.1. The van der Waals surface area contributed by atoms with Crippen molar-refractivity contribution in [3.05, 3.63) is 58.3 Å². The maximum atomic E-state index is 12.1. The average molecular weight is 319 g/mol. The minimum absolute atomic E-state index is 0.234. The van der Waals surface area contributed by atoms with Gasteiger partial charge in [0.1, 0.15) is 5.76 Å². The van der Waals surface area contributed by atoms with Crippen molar-refractivity contribution in [2.75, 3.05) is 5.32 Å². The van der Waals surface area contributed by atoms with Crippen LogP contribution in [0.2, 0.25) is 5.02 Å². The number of halogens is 1. The van der Waals surface area contributed by atoms with Gasteiger partial charge in [0.15, 0.2) is 10.9 Å². The van der Waals surface area contributed by atoms with E-state index in [0.717, 1.165) is 11.3 Å². The van der Waals surface area contributed by atoms with Crippen LogP contribution in [0.15, 0.2) is 46.2 Å². The molecule has 0 saturated carbocycles. The van der Waals surface area contributed by atoms with E-state index in [4.69, 9.17) is 16.0 Å². The van der Waals surface area contributed by atoms with Gasteiger partial charge in [-0.1, -0.05) is 23.7 Å². The quantitative estimate of drug-likeness (QED) is 0.766. The summed E-state index contributed by atoms with van der Waals surface area (Å²) in [6.45, 7) is 1.87. The number of carbonyl (C=O) groups is 1. The van der Waals surface area contributed by atoms with Crippen LogP contribution in [0.5, 0.6) is 0 Å². The van der Waals surface area contributed by atoms with Gasteiger partial charge < -0.3 is 4.42 Å². The van der Waals surface area contributed by atoms with Gasteiger partial charge in [-0.15, -0.1) is 11.3 Å². The molecule has 0 aliphatic heterocycles. The molecule has 0 fully saturated rings. The molecule has 0 saturated heterocycles. The molecular weight excluding hydrogens is 308 g/mol. The van der Waals surface area contributed by atoms with Gasteiger partial charge in [0.05, 0.1) is 5.69 Å². The first kappa shape index (κ1) is 13.9. The number of nitrogens with one attached hydrogen (secondary N) is 1. The van der Waals surface area contributed by atoms with E-state index in [-0.39, 0.29) is 11.7 Å². The number of aromatic nitrogens is 1. The predicted molar refractivity (Wildman–Crippen MR) is 84.0 cm³/mol. The fraction of sp³-hybridized carbons (Fsp3) is 0.0667. The van der Waals surface area contributed by atoms with Gasteiger partial charge in [-0.3, -0.25) is 10.1 Å². The van der Waals surface area contributed by atoms with Gasteiger partial charge in [0.25, 0.3) is 5.91 Å². The molecule has 2 heterocycles. The largest absolute Gasteiger partial charge is 0.451 e. The van der Waals surface area contributed by atoms with Gasteiger partial charge in [0, 0.05) is 16.0 Å². The molecule has 0 spiro atoms. The lowest BCUT2D eigenvalue weighted by molar-refractivity contribution is 0.0997. The molecule has 2 aromatic heterocycles. The highest BCUT2D eigenvalue weighted by Gasteiger charge is 2.14. The number of thiazole rings is 1. The third-order valence-corrected chi connectivity index (χ3v) is 3.89. The number of hydrogen-bond donors (Lipinski definition) is 1. The Labute approximate surface area is 130 Å². The van der Waals surface area contributed by atoms with Gasteiger partial charge in [-0.25, -0.2) is 4.98 Å². The van der Waals surface area contributed by atoms with Crippen LogP contribution in [0.1, 0.15) is 16.2 Å². The van der Waals surface area contributed by atoms with Crippen molar-refractivity contribution in [1.29, 1.82) is 0 Å². The second kappa shape index (κ2) is 5.71. The average Bonchev–Trinajstić information content (AvgIpc) is 3.08. The summed E-state index contributed by atoms with van der Waals surface area (Å²) < 4.78 is 5.57. The summed E-state index contributed by atoms with van der Waals surface area (Å²) in [5, 5.41) is 5.75. The molecule has 3 rings (SSSR count). The highest BCUT2D eigenvalue weighted by molar-refractivity contribution is 7.13. The number of rotatable bonds is 3. The van der Waals surface area contributed by atoms with E-state index in [2.05, 4.69) is 10.3 Å². The molecule has 21 heavy (non-hydrogen) atoms. The first-order valence-electron chi connectivity index (χ1n) is 6.21. The van der Waals surface area contributed by atoms with Crippen LogP contribution in [0.3, 0.4) is 0 Å². The number of furan rings is 1. The van der Waals surface area contributed by atoms with Crippen LogP contribution in [0, 0.1) is 6.92 Å². The predicted octanol–water partition coefficient (Wildman–Crippen LogP) is 4.62. The molecule has 0 radical (unpaired) electrons. The molecule has 6 heteroatoms. The second-order valence-electron chi connectivity index (χ2n) is 4.42. The zero-order valence-electron chi connectivity index (χ0n) is 11.1. The van der Waals surface area contributed by atoms with Crippen LogP contribution in [-0.2, 0) is 0 Å². The summed E-state index contributed by atoms with van der Waals surface area (Å²) in [6, 6.07) is 10.6. The topological polar surface area (TPSA) is 55.1 Å². The second-order valence-corrected chi connectivity index (χ2v) is 5.72. The third-order valence-electron chi connectivity index (χ3n) is 2.78. The maximum absolute atomic E-state index is 12.1. The van der Waals surface area contributed by atoms with E-state index in [1.165, 1.54) is 11.3 Å². The lowest BCUT2D eigenvalue weighted by Crippen LogP contribution is -2.10. The Bertz CT molecular complexity index is 794. The van der Waals surface area contributed by atoms with Crippen LogP contribution in [-0.4, -0.2) is 10.9 Å². The summed E-state index contributed by atoms with van der Waals surface area (Å²) >= 11 is 7.32. The van der Waals surface area contributed by atoms with Gasteiger partial charge >= 0.3 is 0 Å². The van der Waals surface area contributed by atoms with E-state index < -0.39 is 0 Å². The Morgan fingerprint density at radius 1 is 1.33 bits per heavy atom. The summed E-state index contributed by atoms with van der Waals surface area (Å²) in [6.07, 6.45) is 0. The number of nitrogens with zero attached hydrogens (tertiary/aromatic N) is 1. The van der Waals surface area contributed by atoms with Crippen molar-refractivity contribution < 1.29 is 9.21 Å². The Morgan fingerprint density at radius 3 is 2.90 bits per heavy atom.